The lowest BCUT2D eigenvalue weighted by atomic mass is 10.2. The number of hydroxylamine groups is 1. The van der Waals surface area contributed by atoms with E-state index in [1.54, 1.807) is 7.11 Å². The quantitative estimate of drug-likeness (QED) is 0.579. The molecule has 0 spiro atoms. The van der Waals surface area contributed by atoms with Gasteiger partial charge in [0.25, 0.3) is 5.91 Å². The molecule has 0 radical (unpaired) electrons. The number of unbranched alkanes of at least 4 members (excludes halogenated alkanes) is 1. The molecule has 1 aliphatic rings. The van der Waals surface area contributed by atoms with Crippen molar-refractivity contribution in [2.75, 3.05) is 7.11 Å². The molecule has 0 saturated carbocycles. The minimum atomic E-state index is -0.407. The molecule has 1 aliphatic heterocycles. The van der Waals surface area contributed by atoms with Crippen LogP contribution < -0.4 is 5.48 Å². The molecule has 0 amide bonds. The fourth-order valence-electron chi connectivity index (χ4n) is 0.754. The number of hydrogen-bond donors (Lipinski definition) is 1. The molecule has 3 nitrogen and oxygen atoms in total. The summed E-state index contributed by atoms with van der Waals surface area (Å²) in [5.41, 5.74) is 2.71. The molecule has 54 valence electrons. The molecule has 0 aromatic heterocycles. The van der Waals surface area contributed by atoms with Crippen LogP contribution in [0.4, 0.5) is 0 Å². The molecule has 0 aromatic carbocycles. The van der Waals surface area contributed by atoms with Crippen LogP contribution in [0.3, 0.4) is 0 Å². The topological polar surface area (TPSA) is 43.7 Å². The van der Waals surface area contributed by atoms with Crippen LogP contribution in [-0.2, 0) is 9.57 Å². The summed E-state index contributed by atoms with van der Waals surface area (Å²) in [4.78, 5) is 4.88. The van der Waals surface area contributed by atoms with E-state index in [0.717, 1.165) is 12.8 Å². The van der Waals surface area contributed by atoms with Crippen molar-refractivity contribution in [2.45, 2.75) is 32.1 Å². The van der Waals surface area contributed by atoms with Crippen molar-refractivity contribution in [3.63, 3.8) is 0 Å². The lowest BCUT2D eigenvalue weighted by Gasteiger charge is -2.03. The van der Waals surface area contributed by atoms with Crippen LogP contribution in [0.2, 0.25) is 0 Å². The molecular formula is C6H13NO2. The molecule has 1 saturated heterocycles. The number of nitrogens with one attached hydrogen (secondary N) is 1. The smallest absolute Gasteiger partial charge is 0.266 e. The molecule has 9 heavy (non-hydrogen) atoms. The van der Waals surface area contributed by atoms with E-state index < -0.39 is 5.91 Å². The standard InChI is InChI=1S/C6H13NO2/c1-3-4-5-6(8-2)7-9-6/h7H,3-5H2,1-2H3. The first kappa shape index (κ1) is 6.99. The maximum absolute atomic E-state index is 5.02. The first-order valence-corrected chi connectivity index (χ1v) is 3.33. The Morgan fingerprint density at radius 1 is 1.67 bits per heavy atom. The zero-order valence-electron chi connectivity index (χ0n) is 5.94. The Balaban J connectivity index is 2.10. The summed E-state index contributed by atoms with van der Waals surface area (Å²) in [6, 6.07) is 0. The molecule has 0 aromatic rings. The lowest BCUT2D eigenvalue weighted by Crippen LogP contribution is -2.16. The maximum atomic E-state index is 5.02. The first-order valence-electron chi connectivity index (χ1n) is 3.33. The van der Waals surface area contributed by atoms with Gasteiger partial charge in [0.15, 0.2) is 0 Å². The van der Waals surface area contributed by atoms with E-state index in [1.165, 1.54) is 6.42 Å². The van der Waals surface area contributed by atoms with Crippen LogP contribution in [-0.4, -0.2) is 13.0 Å². The van der Waals surface area contributed by atoms with Gasteiger partial charge in [0.05, 0.1) is 0 Å². The van der Waals surface area contributed by atoms with E-state index >= 15 is 0 Å². The van der Waals surface area contributed by atoms with Crippen LogP contribution >= 0.6 is 0 Å². The van der Waals surface area contributed by atoms with Crippen molar-refractivity contribution in [1.29, 1.82) is 0 Å². The molecule has 1 heterocycles. The van der Waals surface area contributed by atoms with E-state index in [-0.39, 0.29) is 0 Å². The maximum Gasteiger partial charge on any atom is 0.266 e. The molecule has 1 unspecified atom stereocenters. The molecule has 3 heteroatoms. The van der Waals surface area contributed by atoms with Gasteiger partial charge in [-0.15, -0.1) is 5.48 Å². The highest BCUT2D eigenvalue weighted by Crippen LogP contribution is 2.26. The normalized spacial score (nSPS) is 32.7. The Hall–Kier alpha value is -0.120. The van der Waals surface area contributed by atoms with Crippen molar-refractivity contribution in [1.82, 2.24) is 5.48 Å². The summed E-state index contributed by atoms with van der Waals surface area (Å²) in [6.45, 7) is 2.14. The summed E-state index contributed by atoms with van der Waals surface area (Å²) in [6.07, 6.45) is 3.26. The second kappa shape index (κ2) is 2.64. The molecule has 1 fully saturated rings. The Bertz CT molecular complexity index is 91.1. The van der Waals surface area contributed by atoms with Gasteiger partial charge in [0.1, 0.15) is 0 Å². The van der Waals surface area contributed by atoms with Gasteiger partial charge >= 0.3 is 0 Å². The third-order valence-electron chi connectivity index (χ3n) is 1.52. The Morgan fingerprint density at radius 2 is 2.33 bits per heavy atom. The molecule has 1 N–H and O–H groups in total. The minimum Gasteiger partial charge on any atom is -0.338 e. The van der Waals surface area contributed by atoms with Crippen molar-refractivity contribution < 1.29 is 9.57 Å². The highest BCUT2D eigenvalue weighted by Gasteiger charge is 2.44. The summed E-state index contributed by atoms with van der Waals surface area (Å²) in [5, 5.41) is 0. The predicted molar refractivity (Wildman–Crippen MR) is 33.5 cm³/mol. The Morgan fingerprint density at radius 3 is 2.67 bits per heavy atom. The van der Waals surface area contributed by atoms with Gasteiger partial charge in [-0.05, 0) is 6.42 Å². The van der Waals surface area contributed by atoms with Crippen LogP contribution in [0.25, 0.3) is 0 Å². The lowest BCUT2D eigenvalue weighted by molar-refractivity contribution is -0.0179. The van der Waals surface area contributed by atoms with E-state index in [0.29, 0.717) is 0 Å². The number of hydrogen-bond acceptors (Lipinski definition) is 3. The fraction of sp³-hybridized carbons (Fsp3) is 1.00. The third kappa shape index (κ3) is 1.64. The van der Waals surface area contributed by atoms with Crippen LogP contribution in [0, 0.1) is 0 Å². The van der Waals surface area contributed by atoms with Gasteiger partial charge in [0.2, 0.25) is 0 Å². The fourth-order valence-corrected chi connectivity index (χ4v) is 0.754. The van der Waals surface area contributed by atoms with E-state index in [9.17, 15) is 0 Å². The van der Waals surface area contributed by atoms with Gasteiger partial charge in [-0.25, -0.2) is 4.84 Å². The predicted octanol–water partition coefficient (Wildman–Crippen LogP) is 1.01. The SMILES string of the molecule is CCCCC1(OC)NO1. The molecular weight excluding hydrogens is 118 g/mol. The van der Waals surface area contributed by atoms with Gasteiger partial charge in [-0.2, -0.15) is 0 Å². The highest BCUT2D eigenvalue weighted by atomic mass is 16.9. The van der Waals surface area contributed by atoms with Gasteiger partial charge in [-0.3, -0.25) is 0 Å². The highest BCUT2D eigenvalue weighted by molar-refractivity contribution is 4.70. The van der Waals surface area contributed by atoms with E-state index in [1.807, 2.05) is 0 Å². The Labute approximate surface area is 55.3 Å². The number of methoxy groups -OCH3 is 1. The number of rotatable bonds is 4. The van der Waals surface area contributed by atoms with E-state index in [2.05, 4.69) is 12.4 Å². The minimum absolute atomic E-state index is 0.407. The zero-order chi connectivity index (χ0) is 6.74. The van der Waals surface area contributed by atoms with Crippen LogP contribution in [0.1, 0.15) is 26.2 Å². The largest absolute Gasteiger partial charge is 0.338 e. The second-order valence-electron chi connectivity index (χ2n) is 2.26. The average Bonchev–Trinajstić information content (AvgIpc) is 2.65. The molecule has 0 aliphatic carbocycles. The van der Waals surface area contributed by atoms with Crippen molar-refractivity contribution in [2.24, 2.45) is 0 Å². The van der Waals surface area contributed by atoms with Crippen molar-refractivity contribution in [3.8, 4) is 0 Å². The van der Waals surface area contributed by atoms with Gasteiger partial charge in [0, 0.05) is 13.5 Å². The molecule has 0 bridgehead atoms. The summed E-state index contributed by atoms with van der Waals surface area (Å²) >= 11 is 0. The summed E-state index contributed by atoms with van der Waals surface area (Å²) in [7, 11) is 1.65. The third-order valence-corrected chi connectivity index (χ3v) is 1.52. The second-order valence-corrected chi connectivity index (χ2v) is 2.26. The van der Waals surface area contributed by atoms with E-state index in [4.69, 9.17) is 9.57 Å². The van der Waals surface area contributed by atoms with Gasteiger partial charge in [-0.1, -0.05) is 13.3 Å². The van der Waals surface area contributed by atoms with Crippen molar-refractivity contribution in [3.05, 3.63) is 0 Å². The molecule has 1 atom stereocenters. The van der Waals surface area contributed by atoms with Crippen LogP contribution in [0.15, 0.2) is 0 Å². The summed E-state index contributed by atoms with van der Waals surface area (Å²) in [5.74, 6) is -0.407. The average molecular weight is 131 g/mol. The zero-order valence-corrected chi connectivity index (χ0v) is 5.94. The van der Waals surface area contributed by atoms with Crippen molar-refractivity contribution >= 4 is 0 Å². The summed E-state index contributed by atoms with van der Waals surface area (Å²) < 4.78 is 5.02. The monoisotopic (exact) mass is 131 g/mol. The Kier molecular flexibility index (Phi) is 2.05. The molecule has 1 rings (SSSR count). The first-order chi connectivity index (χ1) is 4.33. The van der Waals surface area contributed by atoms with Gasteiger partial charge < -0.3 is 4.74 Å². The number of ether oxygens (including phenoxy) is 1. The van der Waals surface area contributed by atoms with Crippen LogP contribution in [0.5, 0.6) is 0 Å².